The summed E-state index contributed by atoms with van der Waals surface area (Å²) in [5.74, 6) is -4.79. The topological polar surface area (TPSA) is 443 Å². The summed E-state index contributed by atoms with van der Waals surface area (Å²) in [6.07, 6.45) is 13.3. The number of aliphatic hydroxyl groups is 1. The second kappa shape index (κ2) is 33.4. The molecule has 430 valence electrons. The first-order valence-electron chi connectivity index (χ1n) is 27.5. The number of aliphatic imine (C=N–C) groups is 3. The minimum atomic E-state index is -1.33. The molecule has 1 aliphatic heterocycles. The number of nitrogens with one attached hydrogen (secondary N) is 5. The first kappa shape index (κ1) is 62.8. The number of aliphatic carboxylic acids is 1. The summed E-state index contributed by atoms with van der Waals surface area (Å²) >= 11 is 0. The van der Waals surface area contributed by atoms with Gasteiger partial charge in [0.05, 0.1) is 12.6 Å². The zero-order valence-corrected chi connectivity index (χ0v) is 44.7. The number of guanidine groups is 3. The van der Waals surface area contributed by atoms with E-state index < -0.39 is 84.3 Å². The second-order valence-corrected chi connectivity index (χ2v) is 20.6. The lowest BCUT2D eigenvalue weighted by molar-refractivity contribution is -0.147. The fourth-order valence-corrected chi connectivity index (χ4v) is 10.6. The highest BCUT2D eigenvalue weighted by molar-refractivity contribution is 5.96. The van der Waals surface area contributed by atoms with Crippen LogP contribution in [0, 0.1) is 11.8 Å². The van der Waals surface area contributed by atoms with Gasteiger partial charge in [0.15, 0.2) is 17.9 Å². The van der Waals surface area contributed by atoms with Crippen LogP contribution in [-0.4, -0.2) is 149 Å². The van der Waals surface area contributed by atoms with Gasteiger partial charge in [0.25, 0.3) is 0 Å². The van der Waals surface area contributed by atoms with Crippen molar-refractivity contribution in [3.8, 4) is 0 Å². The summed E-state index contributed by atoms with van der Waals surface area (Å²) < 4.78 is 0. The maximum absolute atomic E-state index is 15.1. The SMILES string of the molecule is NC(N)=NCCC[C@@H](N)C(=O)N[C@@H](CCCN=C(N)N)C(=O)NCCCCCCCCCCC(=O)N[C@@H](CO)C(=O)N[C@@H](C(=O)N1C(C(=O)N[C@@H](CCCN=C(N)N)C(=O)O)C[C@@H]2CCCC[C@@H]21)C1Cc2ccccc2C1. The summed E-state index contributed by atoms with van der Waals surface area (Å²) in [7, 11) is 0. The molecule has 0 aromatic heterocycles. The fourth-order valence-electron chi connectivity index (χ4n) is 10.6. The van der Waals surface area contributed by atoms with Crippen LogP contribution in [-0.2, 0) is 46.4 Å². The quantitative estimate of drug-likeness (QED) is 0.0213. The molecule has 1 saturated heterocycles. The van der Waals surface area contributed by atoms with Crippen molar-refractivity contribution in [3.63, 3.8) is 0 Å². The van der Waals surface area contributed by atoms with Gasteiger partial charge in [-0.3, -0.25) is 43.7 Å². The van der Waals surface area contributed by atoms with E-state index in [4.69, 9.17) is 40.1 Å². The molecule has 1 unspecified atom stereocenters. The maximum atomic E-state index is 15.1. The number of carbonyl (C=O) groups is 7. The van der Waals surface area contributed by atoms with E-state index >= 15 is 4.79 Å². The van der Waals surface area contributed by atoms with Crippen LogP contribution in [0.5, 0.6) is 0 Å². The second-order valence-electron chi connectivity index (χ2n) is 20.6. The standard InChI is InChI=1S/C52H88N16O9/c53-36(19-13-25-61-50(54)55)44(71)65-37(20-14-26-62-51(56)57)45(72)60-24-12-6-4-2-1-3-5-7-23-42(70)64-39(31-69)46(73)67-43(35-28-32-16-8-9-17-33(32)29-35)48(75)68-40-22-11-10-18-34(40)30-41(68)47(74)66-38(49(76)77)21-15-27-63-52(58)59/h8-9,16-17,34-41,43,69H,1-7,10-15,18-31,53H2,(H,60,72)(H,64,70)(H,65,71)(H,66,74)(H,67,73)(H,76,77)(H4,54,55,61)(H4,56,57,62)(H4,58,59,63)/t34-,36+,37-,38-,39-,40-,41?,43+/m0/s1. The number of amides is 6. The van der Waals surface area contributed by atoms with Crippen molar-refractivity contribution in [2.45, 2.75) is 184 Å². The molecule has 0 radical (unpaired) electrons. The van der Waals surface area contributed by atoms with Gasteiger partial charge >= 0.3 is 5.97 Å². The van der Waals surface area contributed by atoms with E-state index in [-0.39, 0.29) is 55.1 Å². The van der Waals surface area contributed by atoms with Crippen LogP contribution < -0.4 is 66.7 Å². The number of fused-ring (bicyclic) bond motifs is 2. The Morgan fingerprint density at radius 2 is 1.17 bits per heavy atom. The molecular formula is C52H88N16O9. The van der Waals surface area contributed by atoms with Gasteiger partial charge in [-0.05, 0) is 106 Å². The molecule has 2 aliphatic carbocycles. The molecule has 25 heteroatoms. The van der Waals surface area contributed by atoms with E-state index in [0.29, 0.717) is 83.8 Å². The van der Waals surface area contributed by atoms with Crippen molar-refractivity contribution >= 4 is 59.3 Å². The van der Waals surface area contributed by atoms with Gasteiger partial charge in [-0.15, -0.1) is 0 Å². The molecule has 1 saturated carbocycles. The van der Waals surface area contributed by atoms with Gasteiger partial charge in [-0.2, -0.15) is 0 Å². The highest BCUT2D eigenvalue weighted by Gasteiger charge is 2.51. The van der Waals surface area contributed by atoms with Gasteiger partial charge in [-0.25, -0.2) is 4.79 Å². The van der Waals surface area contributed by atoms with Gasteiger partial charge in [0.1, 0.15) is 30.2 Å². The van der Waals surface area contributed by atoms with Crippen molar-refractivity contribution in [2.75, 3.05) is 32.8 Å². The number of hydrogen-bond acceptors (Lipinski definition) is 12. The first-order chi connectivity index (χ1) is 36.9. The average molecular weight is 1080 g/mol. The lowest BCUT2D eigenvalue weighted by Crippen LogP contribution is -2.61. The summed E-state index contributed by atoms with van der Waals surface area (Å²) in [6.45, 7) is 0.528. The number of aliphatic hydroxyl groups excluding tert-OH is 1. The number of carbonyl (C=O) groups excluding carboxylic acids is 6. The Balaban J connectivity index is 1.24. The number of hydrogen-bond donors (Lipinski definition) is 14. The first-order valence-corrected chi connectivity index (χ1v) is 27.5. The highest BCUT2D eigenvalue weighted by atomic mass is 16.4. The van der Waals surface area contributed by atoms with Crippen LogP contribution in [0.2, 0.25) is 0 Å². The molecule has 21 N–H and O–H groups in total. The largest absolute Gasteiger partial charge is 0.480 e. The maximum Gasteiger partial charge on any atom is 0.326 e. The number of unbranched alkanes of at least 4 members (excludes halogenated alkanes) is 7. The molecule has 77 heavy (non-hydrogen) atoms. The number of nitrogens with two attached hydrogens (primary N) is 7. The van der Waals surface area contributed by atoms with Gasteiger partial charge in [0.2, 0.25) is 35.4 Å². The molecule has 2 fully saturated rings. The Kier molecular flexibility index (Phi) is 27.2. The van der Waals surface area contributed by atoms with Crippen molar-refractivity contribution in [3.05, 3.63) is 35.4 Å². The molecular weight excluding hydrogens is 993 g/mol. The lowest BCUT2D eigenvalue weighted by Gasteiger charge is -2.38. The third kappa shape index (κ3) is 21.7. The van der Waals surface area contributed by atoms with E-state index in [2.05, 4.69) is 41.6 Å². The Morgan fingerprint density at radius 3 is 1.74 bits per heavy atom. The predicted octanol–water partition coefficient (Wildman–Crippen LogP) is -1.31. The number of rotatable bonds is 35. The van der Waals surface area contributed by atoms with E-state index in [9.17, 15) is 39.0 Å². The number of benzene rings is 1. The fraction of sp³-hybridized carbons (Fsp3) is 0.692. The molecule has 25 nitrogen and oxygen atoms in total. The predicted molar refractivity (Wildman–Crippen MR) is 293 cm³/mol. The summed E-state index contributed by atoms with van der Waals surface area (Å²) in [4.78, 5) is 108. The molecule has 0 spiro atoms. The Bertz CT molecular complexity index is 2160. The smallest absolute Gasteiger partial charge is 0.326 e. The zero-order chi connectivity index (χ0) is 56.3. The van der Waals surface area contributed by atoms with Crippen molar-refractivity contribution in [1.82, 2.24) is 31.5 Å². The van der Waals surface area contributed by atoms with Crippen LogP contribution in [0.15, 0.2) is 39.2 Å². The Labute approximate surface area is 451 Å². The van der Waals surface area contributed by atoms with Crippen LogP contribution in [0.4, 0.5) is 0 Å². The molecule has 1 aromatic carbocycles. The van der Waals surface area contributed by atoms with Crippen LogP contribution >= 0.6 is 0 Å². The average Bonchev–Trinajstić information content (AvgIpc) is 4.02. The van der Waals surface area contributed by atoms with E-state index in [1.54, 1.807) is 4.90 Å². The minimum absolute atomic E-state index is 0.0117. The summed E-state index contributed by atoms with van der Waals surface area (Å²) in [5.41, 5.74) is 40.5. The van der Waals surface area contributed by atoms with Crippen molar-refractivity contribution in [1.29, 1.82) is 0 Å². The van der Waals surface area contributed by atoms with Gasteiger partial charge < -0.3 is 81.8 Å². The molecule has 4 rings (SSSR count). The zero-order valence-electron chi connectivity index (χ0n) is 44.7. The Morgan fingerprint density at radius 1 is 0.623 bits per heavy atom. The Hall–Kier alpha value is -6.76. The third-order valence-electron chi connectivity index (χ3n) is 14.7. The monoisotopic (exact) mass is 1080 g/mol. The molecule has 8 atom stereocenters. The number of likely N-dealkylation sites (tertiary alicyclic amines) is 1. The molecule has 1 aromatic rings. The molecule has 1 heterocycles. The van der Waals surface area contributed by atoms with Crippen molar-refractivity contribution in [2.24, 2.45) is 66.9 Å². The van der Waals surface area contributed by atoms with Crippen molar-refractivity contribution < 1.29 is 43.8 Å². The molecule has 6 amide bonds. The summed E-state index contributed by atoms with van der Waals surface area (Å²) in [5, 5.41) is 34.3. The normalized spacial score (nSPS) is 18.7. The van der Waals surface area contributed by atoms with Gasteiger partial charge in [0, 0.05) is 38.6 Å². The van der Waals surface area contributed by atoms with E-state index in [1.807, 2.05) is 24.3 Å². The summed E-state index contributed by atoms with van der Waals surface area (Å²) in [6, 6.07) is 1.18. The highest BCUT2D eigenvalue weighted by Crippen LogP contribution is 2.41. The van der Waals surface area contributed by atoms with Crippen LogP contribution in [0.1, 0.15) is 140 Å². The van der Waals surface area contributed by atoms with E-state index in [0.717, 1.165) is 75.3 Å². The third-order valence-corrected chi connectivity index (χ3v) is 14.7. The minimum Gasteiger partial charge on any atom is -0.480 e. The lowest BCUT2D eigenvalue weighted by atomic mass is 9.84. The van der Waals surface area contributed by atoms with Crippen LogP contribution in [0.25, 0.3) is 0 Å². The molecule has 0 bridgehead atoms. The van der Waals surface area contributed by atoms with Gasteiger partial charge in [-0.1, -0.05) is 75.6 Å². The number of carboxylic acids is 1. The van der Waals surface area contributed by atoms with Crippen LogP contribution in [0.3, 0.4) is 0 Å². The van der Waals surface area contributed by atoms with E-state index in [1.165, 1.54) is 0 Å². The number of carboxylic acid groups (broad SMARTS) is 1. The molecule has 3 aliphatic rings. The number of nitrogens with zero attached hydrogens (tertiary/aromatic N) is 4.